The SMILES string of the molecule is Cn1nc(C(=O)N2CCCC2)c2c1CCN(S(=O)(=O)c1cccc3cccnc13)C2. The van der Waals surface area contributed by atoms with Crippen LogP contribution in [0.1, 0.15) is 34.6 Å². The first-order valence-electron chi connectivity index (χ1n) is 10.1. The topological polar surface area (TPSA) is 88.4 Å². The van der Waals surface area contributed by atoms with Gasteiger partial charge in [0.05, 0.1) is 5.52 Å². The summed E-state index contributed by atoms with van der Waals surface area (Å²) >= 11 is 0. The molecule has 2 aliphatic heterocycles. The summed E-state index contributed by atoms with van der Waals surface area (Å²) in [6.45, 7) is 1.95. The minimum atomic E-state index is -3.77. The Labute approximate surface area is 175 Å². The Morgan fingerprint density at radius 3 is 2.63 bits per heavy atom. The maximum absolute atomic E-state index is 13.5. The molecule has 8 nitrogen and oxygen atoms in total. The normalized spacial score (nSPS) is 17.4. The lowest BCUT2D eigenvalue weighted by atomic mass is 10.1. The van der Waals surface area contributed by atoms with Crippen LogP contribution >= 0.6 is 0 Å². The van der Waals surface area contributed by atoms with E-state index < -0.39 is 10.0 Å². The molecule has 1 amide bonds. The van der Waals surface area contributed by atoms with Crippen LogP contribution in [0.5, 0.6) is 0 Å². The molecule has 3 aromatic rings. The van der Waals surface area contributed by atoms with Gasteiger partial charge in [0.2, 0.25) is 10.0 Å². The number of likely N-dealkylation sites (tertiary alicyclic amines) is 1. The number of aryl methyl sites for hydroxylation is 1. The van der Waals surface area contributed by atoms with E-state index in [0.29, 0.717) is 24.2 Å². The van der Waals surface area contributed by atoms with E-state index >= 15 is 0 Å². The number of para-hydroxylation sites is 1. The van der Waals surface area contributed by atoms with E-state index in [4.69, 9.17) is 0 Å². The molecular weight excluding hydrogens is 402 g/mol. The van der Waals surface area contributed by atoms with Gasteiger partial charge in [-0.2, -0.15) is 9.40 Å². The van der Waals surface area contributed by atoms with Gasteiger partial charge in [0.25, 0.3) is 5.91 Å². The molecule has 1 aromatic carbocycles. The van der Waals surface area contributed by atoms with Crippen molar-refractivity contribution in [3.8, 4) is 0 Å². The van der Waals surface area contributed by atoms with Crippen LogP contribution in [-0.4, -0.2) is 57.9 Å². The largest absolute Gasteiger partial charge is 0.337 e. The highest BCUT2D eigenvalue weighted by atomic mass is 32.2. The number of amides is 1. The number of carbonyl (C=O) groups excluding carboxylic acids is 1. The number of hydrogen-bond acceptors (Lipinski definition) is 5. The van der Waals surface area contributed by atoms with E-state index in [0.717, 1.165) is 42.6 Å². The first kappa shape index (κ1) is 19.2. The Bertz CT molecular complexity index is 1240. The monoisotopic (exact) mass is 425 g/mol. The zero-order valence-corrected chi connectivity index (χ0v) is 17.6. The highest BCUT2D eigenvalue weighted by Crippen LogP contribution is 2.30. The van der Waals surface area contributed by atoms with Crippen molar-refractivity contribution in [1.29, 1.82) is 0 Å². The third-order valence-electron chi connectivity index (χ3n) is 6.02. The second-order valence-electron chi connectivity index (χ2n) is 7.82. The fourth-order valence-electron chi connectivity index (χ4n) is 4.44. The average molecular weight is 426 g/mol. The number of sulfonamides is 1. The molecular formula is C21H23N5O3S. The van der Waals surface area contributed by atoms with E-state index in [1.54, 1.807) is 29.1 Å². The minimum Gasteiger partial charge on any atom is -0.337 e. The van der Waals surface area contributed by atoms with Crippen molar-refractivity contribution in [2.45, 2.75) is 30.7 Å². The summed E-state index contributed by atoms with van der Waals surface area (Å²) in [5.41, 5.74) is 2.49. The molecule has 0 aliphatic carbocycles. The molecule has 0 N–H and O–H groups in total. The molecule has 1 saturated heterocycles. The lowest BCUT2D eigenvalue weighted by molar-refractivity contribution is 0.0784. The van der Waals surface area contributed by atoms with Crippen molar-refractivity contribution in [3.05, 3.63) is 53.5 Å². The van der Waals surface area contributed by atoms with Crippen LogP contribution in [-0.2, 0) is 30.0 Å². The number of carbonyl (C=O) groups is 1. The number of hydrogen-bond donors (Lipinski definition) is 0. The summed E-state index contributed by atoms with van der Waals surface area (Å²) in [6, 6.07) is 8.82. The predicted molar refractivity (Wildman–Crippen MR) is 111 cm³/mol. The van der Waals surface area contributed by atoms with E-state index in [-0.39, 0.29) is 17.3 Å². The van der Waals surface area contributed by atoms with Crippen LogP contribution in [0.3, 0.4) is 0 Å². The molecule has 1 fully saturated rings. The number of rotatable bonds is 3. The van der Waals surface area contributed by atoms with Gasteiger partial charge in [-0.05, 0) is 25.0 Å². The van der Waals surface area contributed by atoms with E-state index in [2.05, 4.69) is 10.1 Å². The Kier molecular flexibility index (Phi) is 4.59. The van der Waals surface area contributed by atoms with Gasteiger partial charge < -0.3 is 4.90 Å². The number of aromatic nitrogens is 3. The molecule has 0 bridgehead atoms. The smallest absolute Gasteiger partial charge is 0.274 e. The Morgan fingerprint density at radius 1 is 1.07 bits per heavy atom. The molecule has 5 rings (SSSR count). The summed E-state index contributed by atoms with van der Waals surface area (Å²) in [6.07, 6.45) is 4.11. The molecule has 0 radical (unpaired) electrons. The van der Waals surface area contributed by atoms with Gasteiger partial charge in [-0.3, -0.25) is 14.5 Å². The molecule has 9 heteroatoms. The Morgan fingerprint density at radius 2 is 1.83 bits per heavy atom. The number of benzene rings is 1. The van der Waals surface area contributed by atoms with Gasteiger partial charge in [0, 0.05) is 62.5 Å². The third kappa shape index (κ3) is 3.00. The highest BCUT2D eigenvalue weighted by molar-refractivity contribution is 7.89. The summed E-state index contributed by atoms with van der Waals surface area (Å²) in [7, 11) is -1.96. The van der Waals surface area contributed by atoms with Gasteiger partial charge >= 0.3 is 0 Å². The quantitative estimate of drug-likeness (QED) is 0.640. The zero-order valence-electron chi connectivity index (χ0n) is 16.8. The molecule has 0 saturated carbocycles. The Hall–Kier alpha value is -2.78. The van der Waals surface area contributed by atoms with E-state index in [1.165, 1.54) is 4.31 Å². The second-order valence-corrected chi connectivity index (χ2v) is 9.72. The zero-order chi connectivity index (χ0) is 20.9. The van der Waals surface area contributed by atoms with Crippen LogP contribution in [0.25, 0.3) is 10.9 Å². The first-order valence-corrected chi connectivity index (χ1v) is 11.6. The van der Waals surface area contributed by atoms with E-state index in [9.17, 15) is 13.2 Å². The molecule has 2 aliphatic rings. The molecule has 4 heterocycles. The van der Waals surface area contributed by atoms with Crippen molar-refractivity contribution in [3.63, 3.8) is 0 Å². The molecule has 156 valence electrons. The van der Waals surface area contributed by atoms with Gasteiger partial charge in [0.1, 0.15) is 4.90 Å². The van der Waals surface area contributed by atoms with Gasteiger partial charge in [-0.25, -0.2) is 8.42 Å². The number of pyridine rings is 1. The molecule has 0 atom stereocenters. The van der Waals surface area contributed by atoms with Crippen LogP contribution < -0.4 is 0 Å². The fraction of sp³-hybridized carbons (Fsp3) is 0.381. The second kappa shape index (κ2) is 7.17. The molecule has 0 unspecified atom stereocenters. The van der Waals surface area contributed by atoms with Crippen molar-refractivity contribution in [2.75, 3.05) is 19.6 Å². The minimum absolute atomic E-state index is 0.101. The molecule has 30 heavy (non-hydrogen) atoms. The molecule has 0 spiro atoms. The van der Waals surface area contributed by atoms with Crippen molar-refractivity contribution in [2.24, 2.45) is 7.05 Å². The maximum atomic E-state index is 13.5. The van der Waals surface area contributed by atoms with Crippen LogP contribution in [0, 0.1) is 0 Å². The van der Waals surface area contributed by atoms with Gasteiger partial charge in [0.15, 0.2) is 5.69 Å². The summed E-state index contributed by atoms with van der Waals surface area (Å²) in [4.78, 5) is 19.3. The van der Waals surface area contributed by atoms with Crippen molar-refractivity contribution >= 4 is 26.8 Å². The lowest BCUT2D eigenvalue weighted by Crippen LogP contribution is -2.37. The van der Waals surface area contributed by atoms with Gasteiger partial charge in [-0.15, -0.1) is 0 Å². The van der Waals surface area contributed by atoms with Gasteiger partial charge in [-0.1, -0.05) is 18.2 Å². The third-order valence-corrected chi connectivity index (χ3v) is 7.89. The number of nitrogens with zero attached hydrogens (tertiary/aromatic N) is 5. The molecule has 2 aromatic heterocycles. The van der Waals surface area contributed by atoms with Crippen LogP contribution in [0.15, 0.2) is 41.4 Å². The standard InChI is InChI=1S/C21H23N5O3S/c1-24-17-9-13-26(14-16(17)20(23-24)21(27)25-11-2-3-12-25)30(28,29)18-8-4-6-15-7-5-10-22-19(15)18/h4-8,10H,2-3,9,11-14H2,1H3. The number of fused-ring (bicyclic) bond motifs is 2. The maximum Gasteiger partial charge on any atom is 0.274 e. The van der Waals surface area contributed by atoms with Crippen LogP contribution in [0.2, 0.25) is 0 Å². The average Bonchev–Trinajstić information content (AvgIpc) is 3.41. The van der Waals surface area contributed by atoms with Crippen molar-refractivity contribution < 1.29 is 13.2 Å². The lowest BCUT2D eigenvalue weighted by Gasteiger charge is -2.27. The fourth-order valence-corrected chi connectivity index (χ4v) is 6.01. The van der Waals surface area contributed by atoms with Crippen LogP contribution in [0.4, 0.5) is 0 Å². The highest BCUT2D eigenvalue weighted by Gasteiger charge is 2.35. The summed E-state index contributed by atoms with van der Waals surface area (Å²) < 4.78 is 30.2. The summed E-state index contributed by atoms with van der Waals surface area (Å²) in [5.74, 6) is -0.101. The van der Waals surface area contributed by atoms with Crippen molar-refractivity contribution in [1.82, 2.24) is 24.0 Å². The van der Waals surface area contributed by atoms with E-state index in [1.807, 2.05) is 24.1 Å². The predicted octanol–water partition coefficient (Wildman–Crippen LogP) is 1.95. The summed E-state index contributed by atoms with van der Waals surface area (Å²) in [5, 5.41) is 5.25. The first-order chi connectivity index (χ1) is 14.5. The Balaban J connectivity index is 1.53.